The van der Waals surface area contributed by atoms with Crippen LogP contribution in [-0.4, -0.2) is 11.1 Å². The minimum Gasteiger partial charge on any atom is -0.350 e. The van der Waals surface area contributed by atoms with Crippen LogP contribution >= 0.6 is 0 Å². The third-order valence-electron chi connectivity index (χ3n) is 3.70. The molecule has 1 aromatic rings. The Labute approximate surface area is 111 Å². The Hall–Kier alpha value is -1.02. The van der Waals surface area contributed by atoms with Crippen molar-refractivity contribution in [3.63, 3.8) is 0 Å². The highest BCUT2D eigenvalue weighted by Crippen LogP contribution is 2.19. The summed E-state index contributed by atoms with van der Waals surface area (Å²) in [5.74, 6) is 0. The SMILES string of the molecule is CCCn1cccc1CNCCC1=CCCCC1. The lowest BCUT2D eigenvalue weighted by Gasteiger charge is -2.13. The molecule has 0 aromatic carbocycles. The first-order valence-corrected chi connectivity index (χ1v) is 7.43. The minimum absolute atomic E-state index is 1.00. The van der Waals surface area contributed by atoms with Crippen molar-refractivity contribution < 1.29 is 0 Å². The van der Waals surface area contributed by atoms with Crippen LogP contribution in [0.1, 0.15) is 51.1 Å². The van der Waals surface area contributed by atoms with Crippen LogP contribution in [0.3, 0.4) is 0 Å². The average molecular weight is 246 g/mol. The van der Waals surface area contributed by atoms with E-state index in [9.17, 15) is 0 Å². The quantitative estimate of drug-likeness (QED) is 0.570. The van der Waals surface area contributed by atoms with Gasteiger partial charge in [0.15, 0.2) is 0 Å². The summed E-state index contributed by atoms with van der Waals surface area (Å²) >= 11 is 0. The van der Waals surface area contributed by atoms with E-state index in [2.05, 4.69) is 41.2 Å². The first kappa shape index (κ1) is 13.4. The van der Waals surface area contributed by atoms with Crippen LogP contribution in [0.2, 0.25) is 0 Å². The number of allylic oxidation sites excluding steroid dienone is 1. The van der Waals surface area contributed by atoms with Crippen LogP contribution in [-0.2, 0) is 13.1 Å². The molecule has 0 amide bonds. The molecule has 0 spiro atoms. The van der Waals surface area contributed by atoms with Crippen LogP contribution in [0.15, 0.2) is 30.0 Å². The fourth-order valence-corrected chi connectivity index (χ4v) is 2.67. The van der Waals surface area contributed by atoms with Gasteiger partial charge in [-0.15, -0.1) is 0 Å². The molecule has 0 radical (unpaired) electrons. The number of aryl methyl sites for hydroxylation is 1. The van der Waals surface area contributed by atoms with Crippen LogP contribution in [0, 0.1) is 0 Å². The number of nitrogens with zero attached hydrogens (tertiary/aromatic N) is 1. The molecule has 2 nitrogen and oxygen atoms in total. The highest BCUT2D eigenvalue weighted by Gasteiger charge is 2.03. The highest BCUT2D eigenvalue weighted by molar-refractivity contribution is 5.08. The van der Waals surface area contributed by atoms with E-state index in [1.54, 1.807) is 5.57 Å². The van der Waals surface area contributed by atoms with Crippen LogP contribution in [0.25, 0.3) is 0 Å². The molecule has 0 saturated heterocycles. The Bertz CT molecular complexity index is 376. The fraction of sp³-hybridized carbons (Fsp3) is 0.625. The average Bonchev–Trinajstić information content (AvgIpc) is 2.84. The van der Waals surface area contributed by atoms with Gasteiger partial charge in [0, 0.05) is 25.0 Å². The molecule has 0 saturated carbocycles. The summed E-state index contributed by atoms with van der Waals surface area (Å²) in [7, 11) is 0. The van der Waals surface area contributed by atoms with Gasteiger partial charge in [-0.3, -0.25) is 0 Å². The van der Waals surface area contributed by atoms with Crippen molar-refractivity contribution in [2.24, 2.45) is 0 Å². The highest BCUT2D eigenvalue weighted by atomic mass is 15.0. The predicted octanol–water partition coefficient (Wildman–Crippen LogP) is 3.88. The molecule has 2 rings (SSSR count). The molecule has 1 aliphatic rings. The van der Waals surface area contributed by atoms with E-state index < -0.39 is 0 Å². The van der Waals surface area contributed by atoms with Crippen molar-refractivity contribution in [2.45, 2.75) is 58.5 Å². The molecule has 18 heavy (non-hydrogen) atoms. The number of aromatic nitrogens is 1. The van der Waals surface area contributed by atoms with Gasteiger partial charge in [-0.25, -0.2) is 0 Å². The third kappa shape index (κ3) is 4.02. The van der Waals surface area contributed by atoms with Crippen LogP contribution in [0.4, 0.5) is 0 Å². The monoisotopic (exact) mass is 246 g/mol. The molecule has 100 valence electrons. The standard InChI is InChI=1S/C16H26N2/c1-2-12-18-13-6-9-16(18)14-17-11-10-15-7-4-3-5-8-15/h6-7,9,13,17H,2-5,8,10-12,14H2,1H3. The van der Waals surface area contributed by atoms with Crippen LogP contribution < -0.4 is 5.32 Å². The van der Waals surface area contributed by atoms with Gasteiger partial charge < -0.3 is 9.88 Å². The Kier molecular flexibility index (Phi) is 5.53. The molecular formula is C16H26N2. The largest absolute Gasteiger partial charge is 0.350 e. The van der Waals surface area contributed by atoms with Gasteiger partial charge in [0.2, 0.25) is 0 Å². The number of hydrogen-bond donors (Lipinski definition) is 1. The van der Waals surface area contributed by atoms with E-state index in [0.29, 0.717) is 0 Å². The number of nitrogens with one attached hydrogen (secondary N) is 1. The molecular weight excluding hydrogens is 220 g/mol. The van der Waals surface area contributed by atoms with Crippen molar-refractivity contribution in [3.05, 3.63) is 35.7 Å². The topological polar surface area (TPSA) is 17.0 Å². The Morgan fingerprint density at radius 3 is 3.06 bits per heavy atom. The molecule has 2 heteroatoms. The van der Waals surface area contributed by atoms with Gasteiger partial charge >= 0.3 is 0 Å². The van der Waals surface area contributed by atoms with Gasteiger partial charge in [0.05, 0.1) is 0 Å². The molecule has 1 N–H and O–H groups in total. The Morgan fingerprint density at radius 2 is 2.28 bits per heavy atom. The Balaban J connectivity index is 1.68. The third-order valence-corrected chi connectivity index (χ3v) is 3.70. The second-order valence-electron chi connectivity index (χ2n) is 5.23. The summed E-state index contributed by atoms with van der Waals surface area (Å²) in [5, 5.41) is 3.57. The van der Waals surface area contributed by atoms with Crippen molar-refractivity contribution in [2.75, 3.05) is 6.54 Å². The molecule has 1 aromatic heterocycles. The van der Waals surface area contributed by atoms with Gasteiger partial charge in [-0.1, -0.05) is 18.6 Å². The van der Waals surface area contributed by atoms with Crippen molar-refractivity contribution >= 4 is 0 Å². The number of rotatable bonds is 7. The second-order valence-corrected chi connectivity index (χ2v) is 5.23. The van der Waals surface area contributed by atoms with Gasteiger partial charge in [0.1, 0.15) is 0 Å². The van der Waals surface area contributed by atoms with E-state index >= 15 is 0 Å². The lowest BCUT2D eigenvalue weighted by molar-refractivity contribution is 0.591. The molecule has 0 fully saturated rings. The van der Waals surface area contributed by atoms with E-state index in [0.717, 1.165) is 19.6 Å². The first-order chi connectivity index (χ1) is 8.90. The lowest BCUT2D eigenvalue weighted by Crippen LogP contribution is -2.18. The summed E-state index contributed by atoms with van der Waals surface area (Å²) in [4.78, 5) is 0. The number of hydrogen-bond acceptors (Lipinski definition) is 1. The van der Waals surface area contributed by atoms with Crippen molar-refractivity contribution in [3.8, 4) is 0 Å². The minimum atomic E-state index is 1.00. The Morgan fingerprint density at radius 1 is 1.33 bits per heavy atom. The summed E-state index contributed by atoms with van der Waals surface area (Å²) in [6.45, 7) is 5.48. The lowest BCUT2D eigenvalue weighted by atomic mass is 9.97. The normalized spacial score (nSPS) is 15.7. The zero-order valence-electron chi connectivity index (χ0n) is 11.6. The van der Waals surface area contributed by atoms with Crippen molar-refractivity contribution in [1.82, 2.24) is 9.88 Å². The fourth-order valence-electron chi connectivity index (χ4n) is 2.67. The molecule has 0 unspecified atom stereocenters. The van der Waals surface area contributed by atoms with E-state index in [4.69, 9.17) is 0 Å². The van der Waals surface area contributed by atoms with E-state index in [-0.39, 0.29) is 0 Å². The van der Waals surface area contributed by atoms with Gasteiger partial charge in [-0.05, 0) is 57.2 Å². The maximum Gasteiger partial charge on any atom is 0.0359 e. The summed E-state index contributed by atoms with van der Waals surface area (Å²) in [6.07, 6.45) is 12.5. The molecule has 0 bridgehead atoms. The zero-order valence-corrected chi connectivity index (χ0v) is 11.6. The van der Waals surface area contributed by atoms with Crippen LogP contribution in [0.5, 0.6) is 0 Å². The summed E-state index contributed by atoms with van der Waals surface area (Å²) in [5.41, 5.74) is 3.08. The zero-order chi connectivity index (χ0) is 12.6. The maximum atomic E-state index is 3.57. The molecule has 0 atom stereocenters. The second kappa shape index (κ2) is 7.42. The predicted molar refractivity (Wildman–Crippen MR) is 77.6 cm³/mol. The summed E-state index contributed by atoms with van der Waals surface area (Å²) < 4.78 is 2.35. The maximum absolute atomic E-state index is 3.57. The molecule has 0 aliphatic heterocycles. The molecule has 1 heterocycles. The smallest absolute Gasteiger partial charge is 0.0359 e. The van der Waals surface area contributed by atoms with Crippen molar-refractivity contribution in [1.29, 1.82) is 0 Å². The first-order valence-electron chi connectivity index (χ1n) is 7.43. The van der Waals surface area contributed by atoms with Gasteiger partial charge in [0.25, 0.3) is 0 Å². The molecule has 1 aliphatic carbocycles. The van der Waals surface area contributed by atoms with Gasteiger partial charge in [-0.2, -0.15) is 0 Å². The summed E-state index contributed by atoms with van der Waals surface area (Å²) in [6, 6.07) is 4.37. The van der Waals surface area contributed by atoms with E-state index in [1.807, 2.05) is 0 Å². The van der Waals surface area contributed by atoms with E-state index in [1.165, 1.54) is 44.2 Å².